The summed E-state index contributed by atoms with van der Waals surface area (Å²) < 4.78 is 5.15. The standard InChI is InChI=1S/C27H28ClN7O2/c1-3-23-25(26(29)32-27(30)31-23)19-11-12-22(28)24(15-19)33-34-35(13-14-37-17(2)36)16-20-9-6-8-18-7-4-5-10-21(18)20/h4-12,15H,3,13-14,16H2,1-2H3,(H4,29,30,31,32). The molecule has 9 nitrogen and oxygen atoms in total. The molecule has 0 fully saturated rings. The maximum Gasteiger partial charge on any atom is 0.302 e. The summed E-state index contributed by atoms with van der Waals surface area (Å²) in [6, 6.07) is 19.6. The third-order valence-electron chi connectivity index (χ3n) is 5.77. The van der Waals surface area contributed by atoms with E-state index in [1.807, 2.05) is 37.3 Å². The number of carbonyl (C=O) groups excluding carboxylic acids is 1. The first-order valence-electron chi connectivity index (χ1n) is 11.8. The second-order valence-electron chi connectivity index (χ2n) is 8.36. The highest BCUT2D eigenvalue weighted by molar-refractivity contribution is 6.33. The average Bonchev–Trinajstić information content (AvgIpc) is 2.87. The van der Waals surface area contributed by atoms with Gasteiger partial charge in [0.2, 0.25) is 5.95 Å². The molecular formula is C27H28ClN7O2. The van der Waals surface area contributed by atoms with E-state index in [0.717, 1.165) is 27.6 Å². The third-order valence-corrected chi connectivity index (χ3v) is 6.09. The lowest BCUT2D eigenvalue weighted by molar-refractivity contribution is -0.141. The number of rotatable bonds is 9. The van der Waals surface area contributed by atoms with Gasteiger partial charge in [0.05, 0.1) is 23.8 Å². The molecule has 1 aromatic heterocycles. The molecule has 4 aromatic rings. The predicted octanol–water partition coefficient (Wildman–Crippen LogP) is 5.74. The van der Waals surface area contributed by atoms with Gasteiger partial charge >= 0.3 is 5.97 Å². The molecule has 4 N–H and O–H groups in total. The largest absolute Gasteiger partial charge is 0.464 e. The number of ether oxygens (including phenoxy) is 1. The van der Waals surface area contributed by atoms with E-state index in [4.69, 9.17) is 27.8 Å². The van der Waals surface area contributed by atoms with Gasteiger partial charge in [0.1, 0.15) is 18.1 Å². The van der Waals surface area contributed by atoms with Gasteiger partial charge in [-0.1, -0.05) is 72.3 Å². The van der Waals surface area contributed by atoms with Crippen molar-refractivity contribution in [1.29, 1.82) is 0 Å². The van der Waals surface area contributed by atoms with Crippen LogP contribution in [0.15, 0.2) is 71.0 Å². The number of fused-ring (bicyclic) bond motifs is 1. The number of nitrogens with two attached hydrogens (primary N) is 2. The number of nitrogen functional groups attached to an aromatic ring is 2. The van der Waals surface area contributed by atoms with Crippen LogP contribution in [0.2, 0.25) is 5.02 Å². The highest BCUT2D eigenvalue weighted by Gasteiger charge is 2.15. The SMILES string of the molecule is CCc1nc(N)nc(N)c1-c1ccc(Cl)c(N=NN(CCOC(C)=O)Cc2cccc3ccccc23)c1. The molecule has 0 saturated carbocycles. The zero-order valence-corrected chi connectivity index (χ0v) is 21.4. The van der Waals surface area contributed by atoms with Crippen molar-refractivity contribution in [2.75, 3.05) is 24.6 Å². The first-order valence-corrected chi connectivity index (χ1v) is 12.2. The first kappa shape index (κ1) is 25.8. The molecule has 190 valence electrons. The maximum atomic E-state index is 11.3. The van der Waals surface area contributed by atoms with Crippen LogP contribution in [0.1, 0.15) is 25.1 Å². The van der Waals surface area contributed by atoms with Crippen LogP contribution in [0.5, 0.6) is 0 Å². The van der Waals surface area contributed by atoms with Gasteiger partial charge in [0.25, 0.3) is 0 Å². The van der Waals surface area contributed by atoms with Crippen molar-refractivity contribution in [3.8, 4) is 11.1 Å². The topological polar surface area (TPSA) is 132 Å². The van der Waals surface area contributed by atoms with Crippen molar-refractivity contribution in [3.63, 3.8) is 0 Å². The Labute approximate surface area is 220 Å². The molecule has 0 atom stereocenters. The van der Waals surface area contributed by atoms with E-state index in [1.165, 1.54) is 6.92 Å². The molecule has 37 heavy (non-hydrogen) atoms. The monoisotopic (exact) mass is 517 g/mol. The Morgan fingerprint density at radius 3 is 2.65 bits per heavy atom. The van der Waals surface area contributed by atoms with Crippen LogP contribution >= 0.6 is 11.6 Å². The van der Waals surface area contributed by atoms with Gasteiger partial charge in [-0.25, -0.2) is 4.98 Å². The van der Waals surface area contributed by atoms with E-state index >= 15 is 0 Å². The predicted molar refractivity (Wildman–Crippen MR) is 146 cm³/mol. The van der Waals surface area contributed by atoms with Gasteiger partial charge in [-0.3, -0.25) is 9.80 Å². The number of anilines is 2. The lowest BCUT2D eigenvalue weighted by Gasteiger charge is -2.19. The van der Waals surface area contributed by atoms with Crippen LogP contribution in [0.3, 0.4) is 0 Å². The normalized spacial score (nSPS) is 11.2. The van der Waals surface area contributed by atoms with Gasteiger partial charge in [-0.05, 0) is 40.5 Å². The van der Waals surface area contributed by atoms with Gasteiger partial charge in [0.15, 0.2) is 0 Å². The van der Waals surface area contributed by atoms with E-state index in [9.17, 15) is 4.79 Å². The van der Waals surface area contributed by atoms with Gasteiger partial charge in [-0.15, -0.1) is 5.11 Å². The minimum absolute atomic E-state index is 0.129. The summed E-state index contributed by atoms with van der Waals surface area (Å²) in [7, 11) is 0. The fourth-order valence-electron chi connectivity index (χ4n) is 4.05. The summed E-state index contributed by atoms with van der Waals surface area (Å²) in [5, 5.41) is 13.3. The van der Waals surface area contributed by atoms with Crippen LogP contribution < -0.4 is 11.5 Å². The third kappa shape index (κ3) is 6.31. The Morgan fingerprint density at radius 2 is 1.86 bits per heavy atom. The van der Waals surface area contributed by atoms with E-state index in [2.05, 4.69) is 38.5 Å². The van der Waals surface area contributed by atoms with Crippen LogP contribution in [-0.4, -0.2) is 34.1 Å². The Kier molecular flexibility index (Phi) is 8.15. The number of carbonyl (C=O) groups is 1. The van der Waals surface area contributed by atoms with Crippen molar-refractivity contribution in [3.05, 3.63) is 76.9 Å². The molecule has 1 heterocycles. The lowest BCUT2D eigenvalue weighted by Crippen LogP contribution is -2.22. The molecular weight excluding hydrogens is 490 g/mol. The van der Waals surface area contributed by atoms with Crippen molar-refractivity contribution in [2.24, 2.45) is 10.3 Å². The van der Waals surface area contributed by atoms with Gasteiger partial charge in [0, 0.05) is 12.5 Å². The molecule has 0 amide bonds. The molecule has 0 saturated heterocycles. The summed E-state index contributed by atoms with van der Waals surface area (Å²) in [5.41, 5.74) is 15.7. The number of aromatic nitrogens is 2. The van der Waals surface area contributed by atoms with Crippen LogP contribution in [0.4, 0.5) is 17.5 Å². The maximum absolute atomic E-state index is 11.3. The molecule has 0 aliphatic carbocycles. The summed E-state index contributed by atoms with van der Waals surface area (Å²) in [6.07, 6.45) is 0.626. The molecule has 0 aliphatic heterocycles. The fraction of sp³-hybridized carbons (Fsp3) is 0.222. The lowest BCUT2D eigenvalue weighted by atomic mass is 10.0. The van der Waals surface area contributed by atoms with E-state index in [-0.39, 0.29) is 24.3 Å². The minimum atomic E-state index is -0.354. The quantitative estimate of drug-likeness (QED) is 0.164. The van der Waals surface area contributed by atoms with Crippen LogP contribution in [0, 0.1) is 0 Å². The molecule has 0 unspecified atom stereocenters. The summed E-state index contributed by atoms with van der Waals surface area (Å²) in [5.74, 6) is 0.0604. The molecule has 10 heteroatoms. The van der Waals surface area contributed by atoms with Gasteiger partial charge < -0.3 is 16.2 Å². The van der Waals surface area contributed by atoms with Crippen molar-refractivity contribution in [2.45, 2.75) is 26.8 Å². The summed E-state index contributed by atoms with van der Waals surface area (Å²) in [6.45, 7) is 4.32. The van der Waals surface area contributed by atoms with E-state index in [1.54, 1.807) is 17.1 Å². The Bertz CT molecular complexity index is 1450. The second-order valence-corrected chi connectivity index (χ2v) is 8.77. The number of benzene rings is 3. The molecule has 3 aromatic carbocycles. The zero-order valence-electron chi connectivity index (χ0n) is 20.7. The Balaban J connectivity index is 1.66. The Morgan fingerprint density at radius 1 is 1.08 bits per heavy atom. The summed E-state index contributed by atoms with van der Waals surface area (Å²) >= 11 is 6.47. The first-order chi connectivity index (χ1) is 17.9. The van der Waals surface area contributed by atoms with Gasteiger partial charge in [-0.2, -0.15) is 4.98 Å². The fourth-order valence-corrected chi connectivity index (χ4v) is 4.21. The molecule has 0 spiro atoms. The minimum Gasteiger partial charge on any atom is -0.464 e. The highest BCUT2D eigenvalue weighted by Crippen LogP contribution is 2.35. The number of nitrogens with zero attached hydrogens (tertiary/aromatic N) is 5. The molecule has 0 aliphatic rings. The van der Waals surface area contributed by atoms with E-state index < -0.39 is 0 Å². The highest BCUT2D eigenvalue weighted by atomic mass is 35.5. The zero-order chi connectivity index (χ0) is 26.4. The second kappa shape index (κ2) is 11.7. The van der Waals surface area contributed by atoms with E-state index in [0.29, 0.717) is 35.8 Å². The molecule has 0 bridgehead atoms. The number of esters is 1. The smallest absolute Gasteiger partial charge is 0.302 e. The number of hydrogen-bond acceptors (Lipinski definition) is 8. The summed E-state index contributed by atoms with van der Waals surface area (Å²) in [4.78, 5) is 19.8. The van der Waals surface area contributed by atoms with Crippen molar-refractivity contribution >= 4 is 45.8 Å². The van der Waals surface area contributed by atoms with Crippen molar-refractivity contribution < 1.29 is 9.53 Å². The molecule has 0 radical (unpaired) electrons. The van der Waals surface area contributed by atoms with Crippen LogP contribution in [0.25, 0.3) is 21.9 Å². The number of hydrogen-bond donors (Lipinski definition) is 2. The number of aryl methyl sites for hydroxylation is 1. The molecule has 4 rings (SSSR count). The Hall–Kier alpha value is -4.24. The average molecular weight is 518 g/mol. The number of halogens is 1. The van der Waals surface area contributed by atoms with Crippen LogP contribution in [-0.2, 0) is 22.5 Å². The van der Waals surface area contributed by atoms with Crippen molar-refractivity contribution in [1.82, 2.24) is 15.0 Å².